The first-order valence-electron chi connectivity index (χ1n) is 8.06. The predicted molar refractivity (Wildman–Crippen MR) is 87.3 cm³/mol. The first-order valence-corrected chi connectivity index (χ1v) is 8.06. The molecule has 0 saturated heterocycles. The number of nitrogens with one attached hydrogen (secondary N) is 1. The average Bonchev–Trinajstić information content (AvgIpc) is 2.46. The Kier molecular flexibility index (Phi) is 8.56. The van der Waals surface area contributed by atoms with E-state index in [2.05, 4.69) is 57.3 Å². The van der Waals surface area contributed by atoms with Crippen molar-refractivity contribution in [2.75, 3.05) is 19.8 Å². The molecule has 0 amide bonds. The smallest absolute Gasteiger partial charge is 0.0478 e. The third kappa shape index (κ3) is 6.53. The van der Waals surface area contributed by atoms with Gasteiger partial charge in [0.05, 0.1) is 0 Å². The second-order valence-electron chi connectivity index (χ2n) is 5.82. The van der Waals surface area contributed by atoms with Crippen molar-refractivity contribution in [1.82, 2.24) is 5.32 Å². The molecule has 0 fully saturated rings. The van der Waals surface area contributed by atoms with Gasteiger partial charge in [0.15, 0.2) is 0 Å². The molecule has 1 unspecified atom stereocenters. The summed E-state index contributed by atoms with van der Waals surface area (Å²) in [7, 11) is 0. The van der Waals surface area contributed by atoms with E-state index in [0.29, 0.717) is 12.0 Å². The molecule has 20 heavy (non-hydrogen) atoms. The molecule has 1 rings (SSSR count). The first kappa shape index (κ1) is 17.2. The Morgan fingerprint density at radius 3 is 2.15 bits per heavy atom. The van der Waals surface area contributed by atoms with Crippen LogP contribution < -0.4 is 5.32 Å². The Bertz CT molecular complexity index is 345. The molecule has 0 aromatic heterocycles. The summed E-state index contributed by atoms with van der Waals surface area (Å²) in [4.78, 5) is 0. The molecule has 2 nitrogen and oxygen atoms in total. The van der Waals surface area contributed by atoms with Crippen molar-refractivity contribution in [3.63, 3.8) is 0 Å². The van der Waals surface area contributed by atoms with Gasteiger partial charge < -0.3 is 10.1 Å². The SMILES string of the molecule is CCCCOCCCNC(C)c1ccc(C(C)C)cc1. The largest absolute Gasteiger partial charge is 0.381 e. The second kappa shape index (κ2) is 9.95. The normalized spacial score (nSPS) is 12.8. The zero-order valence-electron chi connectivity index (χ0n) is 13.6. The Labute approximate surface area is 124 Å². The Hall–Kier alpha value is -0.860. The van der Waals surface area contributed by atoms with Crippen LogP contribution in [-0.4, -0.2) is 19.8 Å². The standard InChI is InChI=1S/C18H31NO/c1-5-6-13-20-14-7-12-19-16(4)18-10-8-17(9-11-18)15(2)3/h8-11,15-16,19H,5-7,12-14H2,1-4H3. The highest BCUT2D eigenvalue weighted by molar-refractivity contribution is 5.26. The topological polar surface area (TPSA) is 21.3 Å². The summed E-state index contributed by atoms with van der Waals surface area (Å²) in [6.45, 7) is 11.7. The molecule has 1 N–H and O–H groups in total. The number of ether oxygens (including phenoxy) is 1. The summed E-state index contributed by atoms with van der Waals surface area (Å²) in [5, 5.41) is 3.56. The van der Waals surface area contributed by atoms with Gasteiger partial charge in [-0.1, -0.05) is 51.5 Å². The third-order valence-corrected chi connectivity index (χ3v) is 3.66. The number of benzene rings is 1. The van der Waals surface area contributed by atoms with Gasteiger partial charge in [0.1, 0.15) is 0 Å². The highest BCUT2D eigenvalue weighted by Gasteiger charge is 2.05. The van der Waals surface area contributed by atoms with Crippen LogP contribution in [0.3, 0.4) is 0 Å². The van der Waals surface area contributed by atoms with Gasteiger partial charge in [-0.2, -0.15) is 0 Å². The monoisotopic (exact) mass is 277 g/mol. The summed E-state index contributed by atoms with van der Waals surface area (Å²) in [6.07, 6.45) is 3.46. The maximum absolute atomic E-state index is 5.56. The van der Waals surface area contributed by atoms with Crippen LogP contribution in [0.2, 0.25) is 0 Å². The summed E-state index contributed by atoms with van der Waals surface area (Å²) < 4.78 is 5.56. The fourth-order valence-electron chi connectivity index (χ4n) is 2.13. The molecule has 0 aliphatic heterocycles. The van der Waals surface area contributed by atoms with Crippen LogP contribution in [0.15, 0.2) is 24.3 Å². The predicted octanol–water partition coefficient (Wildman–Crippen LogP) is 4.67. The van der Waals surface area contributed by atoms with E-state index in [9.17, 15) is 0 Å². The van der Waals surface area contributed by atoms with Gasteiger partial charge in [-0.25, -0.2) is 0 Å². The fourth-order valence-corrected chi connectivity index (χ4v) is 2.13. The number of rotatable bonds is 10. The van der Waals surface area contributed by atoms with Crippen molar-refractivity contribution < 1.29 is 4.74 Å². The molecule has 1 aromatic rings. The van der Waals surface area contributed by atoms with E-state index in [1.54, 1.807) is 0 Å². The van der Waals surface area contributed by atoms with Crippen LogP contribution in [-0.2, 0) is 4.74 Å². The van der Waals surface area contributed by atoms with E-state index in [-0.39, 0.29) is 0 Å². The molecule has 0 heterocycles. The van der Waals surface area contributed by atoms with E-state index in [1.165, 1.54) is 24.0 Å². The van der Waals surface area contributed by atoms with Gasteiger partial charge in [-0.3, -0.25) is 0 Å². The molecule has 0 aliphatic rings. The maximum atomic E-state index is 5.56. The quantitative estimate of drug-likeness (QED) is 0.628. The lowest BCUT2D eigenvalue weighted by atomic mass is 9.99. The zero-order valence-corrected chi connectivity index (χ0v) is 13.6. The van der Waals surface area contributed by atoms with Crippen LogP contribution in [0.1, 0.15) is 70.0 Å². The summed E-state index contributed by atoms with van der Waals surface area (Å²) in [5.74, 6) is 0.604. The van der Waals surface area contributed by atoms with Crippen molar-refractivity contribution in [3.05, 3.63) is 35.4 Å². The molecule has 1 aromatic carbocycles. The van der Waals surface area contributed by atoms with Crippen LogP contribution in [0, 0.1) is 0 Å². The van der Waals surface area contributed by atoms with E-state index < -0.39 is 0 Å². The van der Waals surface area contributed by atoms with Gasteiger partial charge in [-0.05, 0) is 43.4 Å². The minimum Gasteiger partial charge on any atom is -0.381 e. The summed E-state index contributed by atoms with van der Waals surface area (Å²) >= 11 is 0. The van der Waals surface area contributed by atoms with E-state index in [1.807, 2.05) is 0 Å². The first-order chi connectivity index (χ1) is 9.65. The molecule has 2 heteroatoms. The van der Waals surface area contributed by atoms with Crippen molar-refractivity contribution in [2.45, 2.75) is 58.9 Å². The Morgan fingerprint density at radius 2 is 1.55 bits per heavy atom. The minimum absolute atomic E-state index is 0.409. The lowest BCUT2D eigenvalue weighted by Gasteiger charge is -2.15. The van der Waals surface area contributed by atoms with Crippen LogP contribution in [0.25, 0.3) is 0 Å². The van der Waals surface area contributed by atoms with Crippen LogP contribution in [0.5, 0.6) is 0 Å². The van der Waals surface area contributed by atoms with Gasteiger partial charge in [0, 0.05) is 19.3 Å². The molecule has 0 saturated carbocycles. The second-order valence-corrected chi connectivity index (χ2v) is 5.82. The van der Waals surface area contributed by atoms with Crippen molar-refractivity contribution in [2.24, 2.45) is 0 Å². The van der Waals surface area contributed by atoms with E-state index >= 15 is 0 Å². The lowest BCUT2D eigenvalue weighted by molar-refractivity contribution is 0.128. The lowest BCUT2D eigenvalue weighted by Crippen LogP contribution is -2.21. The maximum Gasteiger partial charge on any atom is 0.0478 e. The summed E-state index contributed by atoms with van der Waals surface area (Å²) in [6, 6.07) is 9.37. The highest BCUT2D eigenvalue weighted by Crippen LogP contribution is 2.18. The number of unbranched alkanes of at least 4 members (excludes halogenated alkanes) is 1. The summed E-state index contributed by atoms with van der Waals surface area (Å²) in [5.41, 5.74) is 2.77. The molecule has 114 valence electrons. The molecule has 1 atom stereocenters. The van der Waals surface area contributed by atoms with Crippen LogP contribution in [0.4, 0.5) is 0 Å². The molecular weight excluding hydrogens is 246 g/mol. The molecule has 0 aliphatic carbocycles. The van der Waals surface area contributed by atoms with Gasteiger partial charge in [0.25, 0.3) is 0 Å². The van der Waals surface area contributed by atoms with Crippen molar-refractivity contribution in [3.8, 4) is 0 Å². The fraction of sp³-hybridized carbons (Fsp3) is 0.667. The molecule has 0 bridgehead atoms. The van der Waals surface area contributed by atoms with Crippen molar-refractivity contribution in [1.29, 1.82) is 0 Å². The number of hydrogen-bond donors (Lipinski definition) is 1. The minimum atomic E-state index is 0.409. The zero-order chi connectivity index (χ0) is 14.8. The van der Waals surface area contributed by atoms with Gasteiger partial charge in [0.2, 0.25) is 0 Å². The number of hydrogen-bond acceptors (Lipinski definition) is 2. The van der Waals surface area contributed by atoms with Crippen LogP contribution >= 0.6 is 0 Å². The third-order valence-electron chi connectivity index (χ3n) is 3.66. The molecule has 0 radical (unpaired) electrons. The Balaban J connectivity index is 2.20. The Morgan fingerprint density at radius 1 is 0.950 bits per heavy atom. The molecule has 0 spiro atoms. The highest BCUT2D eigenvalue weighted by atomic mass is 16.5. The van der Waals surface area contributed by atoms with Gasteiger partial charge in [-0.15, -0.1) is 0 Å². The van der Waals surface area contributed by atoms with E-state index in [4.69, 9.17) is 4.74 Å². The van der Waals surface area contributed by atoms with Gasteiger partial charge >= 0.3 is 0 Å². The molecular formula is C18H31NO. The average molecular weight is 277 g/mol. The van der Waals surface area contributed by atoms with E-state index in [0.717, 1.165) is 26.2 Å². The van der Waals surface area contributed by atoms with Crippen molar-refractivity contribution >= 4 is 0 Å².